The fourth-order valence-corrected chi connectivity index (χ4v) is 6.03. The van der Waals surface area contributed by atoms with E-state index in [1.54, 1.807) is 0 Å². The molecule has 0 saturated carbocycles. The Bertz CT molecular complexity index is 2270. The molecule has 2 saturated heterocycles. The molecule has 0 aliphatic carbocycles. The van der Waals surface area contributed by atoms with Crippen molar-refractivity contribution in [3.63, 3.8) is 0 Å². The van der Waals surface area contributed by atoms with Crippen molar-refractivity contribution in [2.75, 3.05) is 73.5 Å². The summed E-state index contributed by atoms with van der Waals surface area (Å²) in [6.45, 7) is 5.79. The molecule has 0 spiro atoms. The van der Waals surface area contributed by atoms with Crippen molar-refractivity contribution in [2.24, 2.45) is 0 Å². The standard InChI is InChI=1S/C21H19F3N4O2.C14H14ClN3O.C7H6F3NO/c22-21(23,24)30-17-8-6-16(7-9-17)25-20-26-18(15-4-2-1-3-5-15)14-19(27-20)28-10-12-29-13-11-28;15-14-16-12(11-4-2-1-3-5-11)10-13(17-14)18-6-8-19-9-7-18;8-7(9,10)12-6-3-1-5(11)2-4-6/h1-9,14H,10-13H2,(H,25,26,27);1-5,10H,6-9H2;1-4H,11H2. The van der Waals surface area contributed by atoms with Gasteiger partial charge in [-0.2, -0.15) is 4.98 Å². The zero-order valence-electron chi connectivity index (χ0n) is 32.2. The summed E-state index contributed by atoms with van der Waals surface area (Å²) in [7, 11) is 0. The van der Waals surface area contributed by atoms with Crippen molar-refractivity contribution < 1.29 is 45.3 Å². The van der Waals surface area contributed by atoms with Gasteiger partial charge in [0.05, 0.1) is 37.8 Å². The number of nitrogens with two attached hydrogens (primary N) is 1. The highest BCUT2D eigenvalue weighted by Crippen LogP contribution is 2.29. The minimum atomic E-state index is -4.73. The van der Waals surface area contributed by atoms with Crippen LogP contribution in [0.5, 0.6) is 11.5 Å². The molecule has 2 aliphatic rings. The molecular formula is C42H39ClF6N8O4. The Morgan fingerprint density at radius 3 is 1.44 bits per heavy atom. The first-order valence-corrected chi connectivity index (χ1v) is 19.1. The molecule has 3 N–H and O–H groups in total. The Kier molecular flexibility index (Phi) is 15.0. The van der Waals surface area contributed by atoms with Gasteiger partial charge in [-0.3, -0.25) is 0 Å². The van der Waals surface area contributed by atoms with Gasteiger partial charge >= 0.3 is 12.7 Å². The van der Waals surface area contributed by atoms with Crippen LogP contribution in [0.1, 0.15) is 0 Å². The lowest BCUT2D eigenvalue weighted by molar-refractivity contribution is -0.275. The van der Waals surface area contributed by atoms with Crippen LogP contribution in [-0.4, -0.2) is 85.3 Å². The third-order valence-electron chi connectivity index (χ3n) is 8.66. The molecule has 320 valence electrons. The molecule has 4 heterocycles. The second kappa shape index (κ2) is 20.7. The second-order valence-electron chi connectivity index (χ2n) is 13.1. The maximum absolute atomic E-state index is 12.3. The van der Waals surface area contributed by atoms with E-state index in [2.05, 4.69) is 44.5 Å². The maximum atomic E-state index is 12.3. The number of aromatic nitrogens is 4. The average Bonchev–Trinajstić information content (AvgIpc) is 3.26. The zero-order valence-corrected chi connectivity index (χ0v) is 33.0. The molecule has 2 fully saturated rings. The fourth-order valence-electron chi connectivity index (χ4n) is 5.86. The number of nitrogens with one attached hydrogen (secondary N) is 1. The summed E-state index contributed by atoms with van der Waals surface area (Å²) < 4.78 is 90.1. The number of rotatable bonds is 8. The van der Waals surface area contributed by atoms with Gasteiger partial charge in [0.2, 0.25) is 11.2 Å². The van der Waals surface area contributed by atoms with Crippen LogP contribution in [0.25, 0.3) is 22.5 Å². The van der Waals surface area contributed by atoms with Crippen LogP contribution in [0.2, 0.25) is 5.28 Å². The predicted octanol–water partition coefficient (Wildman–Crippen LogP) is 9.42. The Labute approximate surface area is 351 Å². The molecule has 0 unspecified atom stereocenters. The van der Waals surface area contributed by atoms with E-state index in [0.717, 1.165) is 72.6 Å². The number of nitrogens with zero attached hydrogens (tertiary/aromatic N) is 6. The summed E-state index contributed by atoms with van der Waals surface area (Å²) in [4.78, 5) is 22.1. The first-order chi connectivity index (χ1) is 29.3. The van der Waals surface area contributed by atoms with Crippen LogP contribution in [0.15, 0.2) is 121 Å². The second-order valence-corrected chi connectivity index (χ2v) is 13.4. The van der Waals surface area contributed by atoms with Gasteiger partial charge in [-0.15, -0.1) is 26.3 Å². The van der Waals surface area contributed by atoms with E-state index in [4.69, 9.17) is 26.8 Å². The number of anilines is 5. The third-order valence-corrected chi connectivity index (χ3v) is 8.83. The van der Waals surface area contributed by atoms with E-state index in [-0.39, 0.29) is 16.8 Å². The lowest BCUT2D eigenvalue weighted by Crippen LogP contribution is -2.36. The fraction of sp³-hybridized carbons (Fsp3) is 0.238. The van der Waals surface area contributed by atoms with E-state index in [1.165, 1.54) is 36.4 Å². The summed E-state index contributed by atoms with van der Waals surface area (Å²) in [5, 5.41) is 3.35. The van der Waals surface area contributed by atoms with Crippen LogP contribution in [0.4, 0.5) is 55.3 Å². The van der Waals surface area contributed by atoms with Gasteiger partial charge in [-0.05, 0) is 60.1 Å². The third kappa shape index (κ3) is 14.4. The quantitative estimate of drug-likeness (QED) is 0.0858. The molecule has 2 aromatic heterocycles. The first kappa shape index (κ1) is 44.2. The lowest BCUT2D eigenvalue weighted by atomic mass is 10.1. The van der Waals surface area contributed by atoms with Gasteiger partial charge in [-0.25, -0.2) is 15.0 Å². The molecule has 0 atom stereocenters. The van der Waals surface area contributed by atoms with Crippen LogP contribution in [-0.2, 0) is 9.47 Å². The Morgan fingerprint density at radius 1 is 0.557 bits per heavy atom. The van der Waals surface area contributed by atoms with Crippen molar-refractivity contribution in [3.05, 3.63) is 127 Å². The Morgan fingerprint density at radius 2 is 0.984 bits per heavy atom. The monoisotopic (exact) mass is 868 g/mol. The van der Waals surface area contributed by atoms with Gasteiger partial charge in [-0.1, -0.05) is 60.7 Å². The van der Waals surface area contributed by atoms with Gasteiger partial charge in [0.25, 0.3) is 0 Å². The van der Waals surface area contributed by atoms with E-state index >= 15 is 0 Å². The number of nitrogen functional groups attached to an aromatic ring is 1. The number of halogens is 7. The number of hydrogen-bond donors (Lipinski definition) is 2. The van der Waals surface area contributed by atoms with Crippen LogP contribution < -0.4 is 30.3 Å². The number of hydrogen-bond acceptors (Lipinski definition) is 12. The molecule has 0 radical (unpaired) electrons. The van der Waals surface area contributed by atoms with Gasteiger partial charge < -0.3 is 39.8 Å². The van der Waals surface area contributed by atoms with Crippen LogP contribution in [0, 0.1) is 0 Å². The van der Waals surface area contributed by atoms with Crippen LogP contribution >= 0.6 is 11.6 Å². The van der Waals surface area contributed by atoms with Crippen molar-refractivity contribution in [1.29, 1.82) is 0 Å². The van der Waals surface area contributed by atoms with Crippen LogP contribution in [0.3, 0.4) is 0 Å². The summed E-state index contributed by atoms with van der Waals surface area (Å²) in [6.07, 6.45) is -9.37. The molecule has 12 nitrogen and oxygen atoms in total. The number of ether oxygens (including phenoxy) is 4. The van der Waals surface area contributed by atoms with E-state index in [9.17, 15) is 26.3 Å². The molecular weight excluding hydrogens is 830 g/mol. The first-order valence-electron chi connectivity index (χ1n) is 18.7. The highest BCUT2D eigenvalue weighted by Gasteiger charge is 2.31. The smallest absolute Gasteiger partial charge is 0.406 e. The zero-order chi connectivity index (χ0) is 43.2. The van der Waals surface area contributed by atoms with Crippen molar-refractivity contribution in [2.45, 2.75) is 12.7 Å². The Balaban J connectivity index is 0.000000171. The molecule has 61 heavy (non-hydrogen) atoms. The van der Waals surface area contributed by atoms with Crippen molar-refractivity contribution in [3.8, 4) is 34.0 Å². The minimum Gasteiger partial charge on any atom is -0.406 e. The number of benzene rings is 4. The molecule has 0 bridgehead atoms. The SMILES string of the molecule is Clc1nc(-c2ccccc2)cc(N2CCOCC2)n1.FC(F)(F)Oc1ccc(Nc2nc(-c3ccccc3)cc(N3CCOCC3)n2)cc1.Nc1ccc(OC(F)(F)F)cc1. The predicted molar refractivity (Wildman–Crippen MR) is 220 cm³/mol. The van der Waals surface area contributed by atoms with E-state index in [1.807, 2.05) is 72.8 Å². The van der Waals surface area contributed by atoms with Crippen molar-refractivity contribution in [1.82, 2.24) is 19.9 Å². The Hall–Kier alpha value is -6.37. The lowest BCUT2D eigenvalue weighted by Gasteiger charge is -2.28. The van der Waals surface area contributed by atoms with Gasteiger partial charge in [0, 0.05) is 60.8 Å². The summed E-state index contributed by atoms with van der Waals surface area (Å²) >= 11 is 6.04. The maximum Gasteiger partial charge on any atom is 0.573 e. The average molecular weight is 869 g/mol. The van der Waals surface area contributed by atoms with E-state index in [0.29, 0.717) is 43.6 Å². The highest BCUT2D eigenvalue weighted by atomic mass is 35.5. The number of alkyl halides is 6. The molecule has 19 heteroatoms. The van der Waals surface area contributed by atoms with Gasteiger partial charge in [0.15, 0.2) is 0 Å². The topological polar surface area (TPSA) is 133 Å². The normalized spacial score (nSPS) is 14.1. The molecule has 0 amide bonds. The molecule has 6 aromatic rings. The molecule has 2 aliphatic heterocycles. The van der Waals surface area contributed by atoms with Gasteiger partial charge in [0.1, 0.15) is 23.1 Å². The molecule has 4 aromatic carbocycles. The van der Waals surface area contributed by atoms with E-state index < -0.39 is 12.7 Å². The molecule has 8 rings (SSSR count). The summed E-state index contributed by atoms with van der Waals surface area (Å²) in [5.74, 6) is 1.41. The minimum absolute atomic E-state index is 0.267. The number of morpholine rings is 2. The van der Waals surface area contributed by atoms with Crippen molar-refractivity contribution >= 4 is 40.6 Å². The summed E-state index contributed by atoms with van der Waals surface area (Å²) in [5.41, 5.74) is 9.76. The highest BCUT2D eigenvalue weighted by molar-refractivity contribution is 6.28. The largest absolute Gasteiger partial charge is 0.573 e. The summed E-state index contributed by atoms with van der Waals surface area (Å²) in [6, 6.07) is 34.0.